The zero-order chi connectivity index (χ0) is 18.1. The minimum Gasteiger partial charge on any atom is -0.354 e. The van der Waals surface area contributed by atoms with Crippen LogP contribution in [0.5, 0.6) is 0 Å². The lowest BCUT2D eigenvalue weighted by Gasteiger charge is -2.08. The highest BCUT2D eigenvalue weighted by Gasteiger charge is 2.08. The van der Waals surface area contributed by atoms with E-state index in [2.05, 4.69) is 22.8 Å². The first-order valence-electron chi connectivity index (χ1n) is 8.30. The standard InChI is InChI=1S/C20H24N2O2S/c1-15-8-9-18(12-16(15)2)20(24)22-13-19(23)21-10-11-25-14-17-6-4-3-5-7-17/h3-9,12H,10-11,13-14H2,1-2H3,(H,21,23)(H,22,24). The first-order chi connectivity index (χ1) is 12.1. The highest BCUT2D eigenvalue weighted by molar-refractivity contribution is 7.98. The van der Waals surface area contributed by atoms with Gasteiger partial charge in [0.15, 0.2) is 0 Å². The van der Waals surface area contributed by atoms with Crippen LogP contribution in [0.15, 0.2) is 48.5 Å². The predicted octanol–water partition coefficient (Wildman–Crippen LogP) is 3.08. The minimum atomic E-state index is -0.225. The van der Waals surface area contributed by atoms with Crippen molar-refractivity contribution in [3.8, 4) is 0 Å². The van der Waals surface area contributed by atoms with Crippen LogP contribution < -0.4 is 10.6 Å². The van der Waals surface area contributed by atoms with E-state index in [1.165, 1.54) is 5.56 Å². The van der Waals surface area contributed by atoms with Crippen LogP contribution in [0.3, 0.4) is 0 Å². The Morgan fingerprint density at radius 2 is 1.72 bits per heavy atom. The van der Waals surface area contributed by atoms with E-state index in [0.717, 1.165) is 22.6 Å². The van der Waals surface area contributed by atoms with Gasteiger partial charge in [0.2, 0.25) is 5.91 Å². The Morgan fingerprint density at radius 3 is 2.44 bits per heavy atom. The van der Waals surface area contributed by atoms with Gasteiger partial charge in [0, 0.05) is 23.6 Å². The van der Waals surface area contributed by atoms with Gasteiger partial charge in [0.25, 0.3) is 5.91 Å². The second kappa shape index (κ2) is 9.89. The minimum absolute atomic E-state index is 0.00485. The van der Waals surface area contributed by atoms with Crippen molar-refractivity contribution in [1.29, 1.82) is 0 Å². The molecule has 0 spiro atoms. The smallest absolute Gasteiger partial charge is 0.251 e. The largest absolute Gasteiger partial charge is 0.354 e. The summed E-state index contributed by atoms with van der Waals surface area (Å²) >= 11 is 1.77. The van der Waals surface area contributed by atoms with Gasteiger partial charge in [-0.25, -0.2) is 0 Å². The maximum absolute atomic E-state index is 12.1. The van der Waals surface area contributed by atoms with Gasteiger partial charge >= 0.3 is 0 Å². The molecule has 2 N–H and O–H groups in total. The molecule has 0 aliphatic heterocycles. The van der Waals surface area contributed by atoms with E-state index in [1.807, 2.05) is 44.2 Å². The predicted molar refractivity (Wildman–Crippen MR) is 104 cm³/mol. The summed E-state index contributed by atoms with van der Waals surface area (Å²) in [5.41, 5.74) is 4.06. The topological polar surface area (TPSA) is 58.2 Å². The number of nitrogens with one attached hydrogen (secondary N) is 2. The molecule has 0 heterocycles. The number of thioether (sulfide) groups is 1. The number of carbonyl (C=O) groups excluding carboxylic acids is 2. The summed E-state index contributed by atoms with van der Waals surface area (Å²) in [6, 6.07) is 15.8. The molecule has 0 bridgehead atoms. The molecule has 0 aromatic heterocycles. The first-order valence-corrected chi connectivity index (χ1v) is 9.45. The Hall–Kier alpha value is -2.27. The lowest BCUT2D eigenvalue weighted by atomic mass is 10.1. The molecule has 0 fully saturated rings. The normalized spacial score (nSPS) is 10.3. The van der Waals surface area contributed by atoms with Crippen LogP contribution in [-0.2, 0) is 10.5 Å². The number of aryl methyl sites for hydroxylation is 2. The van der Waals surface area contributed by atoms with Crippen LogP contribution in [-0.4, -0.2) is 30.7 Å². The third-order valence-corrected chi connectivity index (χ3v) is 4.89. The maximum Gasteiger partial charge on any atom is 0.251 e. The van der Waals surface area contributed by atoms with Crippen molar-refractivity contribution in [2.75, 3.05) is 18.8 Å². The molecular formula is C20H24N2O2S. The van der Waals surface area contributed by atoms with Gasteiger partial charge in [-0.15, -0.1) is 0 Å². The fourth-order valence-electron chi connectivity index (χ4n) is 2.23. The van der Waals surface area contributed by atoms with Crippen LogP contribution in [0.4, 0.5) is 0 Å². The van der Waals surface area contributed by atoms with Gasteiger partial charge in [-0.2, -0.15) is 11.8 Å². The number of hydrogen-bond acceptors (Lipinski definition) is 3. The van der Waals surface area contributed by atoms with Crippen molar-refractivity contribution in [2.24, 2.45) is 0 Å². The zero-order valence-electron chi connectivity index (χ0n) is 14.7. The molecule has 0 atom stereocenters. The number of hydrogen-bond donors (Lipinski definition) is 2. The van der Waals surface area contributed by atoms with Crippen LogP contribution in [0.2, 0.25) is 0 Å². The Balaban J connectivity index is 1.61. The molecular weight excluding hydrogens is 332 g/mol. The second-order valence-corrected chi connectivity index (χ2v) is 6.98. The third kappa shape index (κ3) is 6.63. The average molecular weight is 356 g/mol. The van der Waals surface area contributed by atoms with E-state index >= 15 is 0 Å². The van der Waals surface area contributed by atoms with Crippen molar-refractivity contribution in [1.82, 2.24) is 10.6 Å². The summed E-state index contributed by atoms with van der Waals surface area (Å²) in [6.45, 7) is 4.55. The SMILES string of the molecule is Cc1ccc(C(=O)NCC(=O)NCCSCc2ccccc2)cc1C. The van der Waals surface area contributed by atoms with Crippen molar-refractivity contribution in [2.45, 2.75) is 19.6 Å². The van der Waals surface area contributed by atoms with E-state index in [0.29, 0.717) is 12.1 Å². The molecule has 5 heteroatoms. The van der Waals surface area contributed by atoms with Gasteiger partial charge in [-0.05, 0) is 42.7 Å². The molecule has 0 aliphatic carbocycles. The lowest BCUT2D eigenvalue weighted by molar-refractivity contribution is -0.120. The fourth-order valence-corrected chi connectivity index (χ4v) is 3.05. The van der Waals surface area contributed by atoms with Gasteiger partial charge in [0.05, 0.1) is 6.54 Å². The third-order valence-electron chi connectivity index (χ3n) is 3.86. The monoisotopic (exact) mass is 356 g/mol. The second-order valence-electron chi connectivity index (χ2n) is 5.87. The molecule has 0 aliphatic rings. The molecule has 0 saturated carbocycles. The van der Waals surface area contributed by atoms with Crippen LogP contribution in [0, 0.1) is 13.8 Å². The molecule has 2 aromatic carbocycles. The summed E-state index contributed by atoms with van der Waals surface area (Å²) in [5, 5.41) is 5.48. The summed E-state index contributed by atoms with van der Waals surface area (Å²) < 4.78 is 0. The number of benzene rings is 2. The quantitative estimate of drug-likeness (QED) is 0.715. The Labute approximate surface area is 153 Å². The van der Waals surface area contributed by atoms with Gasteiger partial charge < -0.3 is 10.6 Å². The van der Waals surface area contributed by atoms with E-state index in [9.17, 15) is 9.59 Å². The van der Waals surface area contributed by atoms with Crippen LogP contribution in [0.25, 0.3) is 0 Å². The molecule has 0 saturated heterocycles. The zero-order valence-corrected chi connectivity index (χ0v) is 15.5. The Morgan fingerprint density at radius 1 is 0.960 bits per heavy atom. The molecule has 2 amide bonds. The van der Waals surface area contributed by atoms with Crippen molar-refractivity contribution >= 4 is 23.6 Å². The molecule has 0 radical (unpaired) electrons. The van der Waals surface area contributed by atoms with Crippen LogP contribution >= 0.6 is 11.8 Å². The number of rotatable bonds is 8. The maximum atomic E-state index is 12.1. The number of amides is 2. The summed E-state index contributed by atoms with van der Waals surface area (Å²) in [5.74, 6) is 1.38. The van der Waals surface area contributed by atoms with Crippen molar-refractivity contribution in [3.05, 3.63) is 70.8 Å². The van der Waals surface area contributed by atoms with Gasteiger partial charge in [0.1, 0.15) is 0 Å². The molecule has 25 heavy (non-hydrogen) atoms. The summed E-state index contributed by atoms with van der Waals surface area (Å²) in [4.78, 5) is 23.8. The van der Waals surface area contributed by atoms with Crippen LogP contribution in [0.1, 0.15) is 27.0 Å². The molecule has 0 unspecified atom stereocenters. The molecule has 2 aromatic rings. The van der Waals surface area contributed by atoms with E-state index in [-0.39, 0.29) is 18.4 Å². The number of carbonyl (C=O) groups is 2. The molecule has 132 valence electrons. The average Bonchev–Trinajstić information content (AvgIpc) is 2.62. The van der Waals surface area contributed by atoms with Crippen molar-refractivity contribution < 1.29 is 9.59 Å². The Bertz CT molecular complexity index is 717. The summed E-state index contributed by atoms with van der Waals surface area (Å²) in [7, 11) is 0. The van der Waals surface area contributed by atoms with Crippen molar-refractivity contribution in [3.63, 3.8) is 0 Å². The van der Waals surface area contributed by atoms with E-state index < -0.39 is 0 Å². The van der Waals surface area contributed by atoms with Gasteiger partial charge in [-0.3, -0.25) is 9.59 Å². The lowest BCUT2D eigenvalue weighted by Crippen LogP contribution is -2.37. The molecule has 2 rings (SSSR count). The molecule has 4 nitrogen and oxygen atoms in total. The van der Waals surface area contributed by atoms with Gasteiger partial charge in [-0.1, -0.05) is 36.4 Å². The highest BCUT2D eigenvalue weighted by Crippen LogP contribution is 2.11. The fraction of sp³-hybridized carbons (Fsp3) is 0.300. The first kappa shape index (κ1) is 19.1. The van der Waals surface area contributed by atoms with E-state index in [4.69, 9.17) is 0 Å². The van der Waals surface area contributed by atoms with E-state index in [1.54, 1.807) is 17.8 Å². The highest BCUT2D eigenvalue weighted by atomic mass is 32.2. The Kier molecular flexibility index (Phi) is 7.54. The summed E-state index contributed by atoms with van der Waals surface area (Å²) in [6.07, 6.45) is 0.